The summed E-state index contributed by atoms with van der Waals surface area (Å²) in [6.07, 6.45) is 6.25. The number of fused-ring (bicyclic) bond motifs is 2. The van der Waals surface area contributed by atoms with Gasteiger partial charge in [-0.1, -0.05) is 18.6 Å². The van der Waals surface area contributed by atoms with Crippen LogP contribution < -0.4 is 0 Å². The molecule has 90 valence electrons. The van der Waals surface area contributed by atoms with Crippen LogP contribution >= 0.6 is 0 Å². The third kappa shape index (κ3) is 1.64. The number of allylic oxidation sites excluding steroid dienone is 2. The first-order chi connectivity index (χ1) is 7.38. The number of ketones is 1. The number of hydrogen-bond donors (Lipinski definition) is 0. The Labute approximate surface area is 98.1 Å². The molecular formula is C14H22O2. The standard InChI is InChI=1S/C14H22O2/c1-10(2)6-5-8-13(3)11-7-9-14(4,16-11)12(13)15/h6,11H,5,7-9H2,1-4H3/t11-,13+,14+/m1/s1. The van der Waals surface area contributed by atoms with Gasteiger partial charge in [0.1, 0.15) is 5.60 Å². The average Bonchev–Trinajstić information content (AvgIpc) is 2.66. The number of rotatable bonds is 3. The van der Waals surface area contributed by atoms with E-state index in [-0.39, 0.29) is 11.5 Å². The molecule has 2 heterocycles. The lowest BCUT2D eigenvalue weighted by Crippen LogP contribution is -2.42. The molecule has 0 aromatic rings. The van der Waals surface area contributed by atoms with E-state index in [0.717, 1.165) is 25.7 Å². The Morgan fingerprint density at radius 2 is 2.19 bits per heavy atom. The monoisotopic (exact) mass is 222 g/mol. The van der Waals surface area contributed by atoms with Crippen molar-refractivity contribution < 1.29 is 9.53 Å². The Kier molecular flexibility index (Phi) is 2.73. The molecule has 0 aliphatic carbocycles. The largest absolute Gasteiger partial charge is 0.363 e. The smallest absolute Gasteiger partial charge is 0.172 e. The number of hydrogen-bond acceptors (Lipinski definition) is 2. The van der Waals surface area contributed by atoms with Gasteiger partial charge >= 0.3 is 0 Å². The number of carbonyl (C=O) groups is 1. The van der Waals surface area contributed by atoms with Crippen LogP contribution in [-0.2, 0) is 9.53 Å². The normalized spacial score (nSPS) is 41.5. The van der Waals surface area contributed by atoms with Crippen LogP contribution in [0.5, 0.6) is 0 Å². The number of ether oxygens (including phenoxy) is 1. The van der Waals surface area contributed by atoms with E-state index < -0.39 is 5.60 Å². The molecule has 0 N–H and O–H groups in total. The van der Waals surface area contributed by atoms with Crippen LogP contribution in [-0.4, -0.2) is 17.5 Å². The minimum Gasteiger partial charge on any atom is -0.363 e. The van der Waals surface area contributed by atoms with E-state index in [0.29, 0.717) is 5.78 Å². The SMILES string of the molecule is CC(C)=CCC[C@]1(C)C(=O)[C@]2(C)CC[C@H]1O2. The van der Waals surface area contributed by atoms with Crippen molar-refractivity contribution in [3.63, 3.8) is 0 Å². The second-order valence-corrected chi connectivity index (χ2v) is 5.94. The van der Waals surface area contributed by atoms with Crippen molar-refractivity contribution in [1.29, 1.82) is 0 Å². The topological polar surface area (TPSA) is 26.3 Å². The second kappa shape index (κ2) is 3.69. The molecule has 2 fully saturated rings. The van der Waals surface area contributed by atoms with E-state index >= 15 is 0 Å². The summed E-state index contributed by atoms with van der Waals surface area (Å²) in [5.41, 5.74) is 0.620. The highest BCUT2D eigenvalue weighted by Crippen LogP contribution is 2.53. The lowest BCUT2D eigenvalue weighted by Gasteiger charge is -2.31. The highest BCUT2D eigenvalue weighted by Gasteiger charge is 2.62. The molecule has 0 aromatic carbocycles. The maximum absolute atomic E-state index is 12.3. The van der Waals surface area contributed by atoms with Gasteiger partial charge in [0, 0.05) is 0 Å². The van der Waals surface area contributed by atoms with Gasteiger partial charge in [-0.3, -0.25) is 4.79 Å². The molecule has 2 nitrogen and oxygen atoms in total. The summed E-state index contributed by atoms with van der Waals surface area (Å²) in [5, 5.41) is 0. The van der Waals surface area contributed by atoms with E-state index in [1.54, 1.807) is 0 Å². The van der Waals surface area contributed by atoms with Crippen molar-refractivity contribution in [2.24, 2.45) is 5.41 Å². The molecule has 0 spiro atoms. The molecule has 2 saturated heterocycles. The summed E-state index contributed by atoms with van der Waals surface area (Å²) in [4.78, 5) is 12.3. The first-order valence-electron chi connectivity index (χ1n) is 6.24. The first-order valence-corrected chi connectivity index (χ1v) is 6.24. The highest BCUT2D eigenvalue weighted by atomic mass is 16.5. The van der Waals surface area contributed by atoms with Crippen molar-refractivity contribution in [3.05, 3.63) is 11.6 Å². The quantitative estimate of drug-likeness (QED) is 0.685. The van der Waals surface area contributed by atoms with Crippen LogP contribution in [0.1, 0.15) is 53.4 Å². The van der Waals surface area contributed by atoms with Gasteiger partial charge in [0.05, 0.1) is 11.5 Å². The molecule has 3 atom stereocenters. The summed E-state index contributed by atoms with van der Waals surface area (Å²) in [6, 6.07) is 0. The van der Waals surface area contributed by atoms with Gasteiger partial charge in [0.2, 0.25) is 0 Å². The summed E-state index contributed by atoms with van der Waals surface area (Å²) in [7, 11) is 0. The van der Waals surface area contributed by atoms with Crippen LogP contribution in [0.15, 0.2) is 11.6 Å². The Hall–Kier alpha value is -0.630. The van der Waals surface area contributed by atoms with Crippen molar-refractivity contribution in [2.45, 2.75) is 65.1 Å². The van der Waals surface area contributed by atoms with E-state index in [4.69, 9.17) is 4.74 Å². The minimum absolute atomic E-state index is 0.163. The molecule has 0 amide bonds. The van der Waals surface area contributed by atoms with Gasteiger partial charge in [0.15, 0.2) is 5.78 Å². The van der Waals surface area contributed by atoms with Crippen LogP contribution in [0, 0.1) is 5.41 Å². The van der Waals surface area contributed by atoms with Gasteiger partial charge in [-0.05, 0) is 46.5 Å². The second-order valence-electron chi connectivity index (χ2n) is 5.94. The van der Waals surface area contributed by atoms with Crippen LogP contribution in [0.4, 0.5) is 0 Å². The maximum atomic E-state index is 12.3. The molecular weight excluding hydrogens is 200 g/mol. The third-order valence-corrected chi connectivity index (χ3v) is 4.21. The lowest BCUT2D eigenvalue weighted by molar-refractivity contribution is -0.134. The van der Waals surface area contributed by atoms with E-state index in [9.17, 15) is 4.79 Å². The average molecular weight is 222 g/mol. The summed E-state index contributed by atoms with van der Waals surface area (Å²) in [6.45, 7) is 8.25. The lowest BCUT2D eigenvalue weighted by atomic mass is 9.68. The Balaban J connectivity index is 2.09. The molecule has 0 unspecified atom stereocenters. The van der Waals surface area contributed by atoms with Crippen molar-refractivity contribution in [3.8, 4) is 0 Å². The van der Waals surface area contributed by atoms with Gasteiger partial charge < -0.3 is 4.74 Å². The first kappa shape index (κ1) is 11.8. The zero-order chi connectivity index (χ0) is 12.0. The molecule has 2 aliphatic heterocycles. The molecule has 16 heavy (non-hydrogen) atoms. The molecule has 0 aromatic heterocycles. The Morgan fingerprint density at radius 1 is 1.50 bits per heavy atom. The summed E-state index contributed by atoms with van der Waals surface area (Å²) in [5.74, 6) is 0.332. The zero-order valence-electron chi connectivity index (χ0n) is 10.8. The molecule has 0 saturated carbocycles. The van der Waals surface area contributed by atoms with Gasteiger partial charge in [-0.2, -0.15) is 0 Å². The minimum atomic E-state index is -0.468. The fourth-order valence-corrected chi connectivity index (χ4v) is 3.14. The van der Waals surface area contributed by atoms with E-state index in [2.05, 4.69) is 26.8 Å². The Morgan fingerprint density at radius 3 is 2.69 bits per heavy atom. The predicted octanol–water partition coefficient (Wildman–Crippen LogP) is 3.26. The van der Waals surface area contributed by atoms with Crippen LogP contribution in [0.3, 0.4) is 0 Å². The summed E-state index contributed by atoms with van der Waals surface area (Å²) < 4.78 is 5.87. The fourth-order valence-electron chi connectivity index (χ4n) is 3.14. The molecule has 2 bridgehead atoms. The summed E-state index contributed by atoms with van der Waals surface area (Å²) >= 11 is 0. The maximum Gasteiger partial charge on any atom is 0.172 e. The molecule has 2 rings (SSSR count). The molecule has 2 aliphatic rings. The van der Waals surface area contributed by atoms with Crippen molar-refractivity contribution >= 4 is 5.78 Å². The van der Waals surface area contributed by atoms with Gasteiger partial charge in [-0.25, -0.2) is 0 Å². The fraction of sp³-hybridized carbons (Fsp3) is 0.786. The van der Waals surface area contributed by atoms with Crippen LogP contribution in [0.25, 0.3) is 0 Å². The molecule has 2 heteroatoms. The van der Waals surface area contributed by atoms with Gasteiger partial charge in [-0.15, -0.1) is 0 Å². The van der Waals surface area contributed by atoms with Gasteiger partial charge in [0.25, 0.3) is 0 Å². The number of carbonyl (C=O) groups excluding carboxylic acids is 1. The highest BCUT2D eigenvalue weighted by molar-refractivity contribution is 5.95. The zero-order valence-corrected chi connectivity index (χ0v) is 10.8. The van der Waals surface area contributed by atoms with E-state index in [1.807, 2.05) is 6.92 Å². The van der Waals surface area contributed by atoms with E-state index in [1.165, 1.54) is 5.57 Å². The predicted molar refractivity (Wildman–Crippen MR) is 64.3 cm³/mol. The van der Waals surface area contributed by atoms with Crippen molar-refractivity contribution in [2.75, 3.05) is 0 Å². The number of Topliss-reactive ketones (excluding diaryl/α,β-unsaturated/α-hetero) is 1. The van der Waals surface area contributed by atoms with Crippen LogP contribution in [0.2, 0.25) is 0 Å². The molecule has 0 radical (unpaired) electrons. The Bertz CT molecular complexity index is 341. The third-order valence-electron chi connectivity index (χ3n) is 4.21. The van der Waals surface area contributed by atoms with Crippen molar-refractivity contribution in [1.82, 2.24) is 0 Å².